The van der Waals surface area contributed by atoms with Crippen molar-refractivity contribution in [1.29, 1.82) is 0 Å². The van der Waals surface area contributed by atoms with E-state index in [9.17, 15) is 9.59 Å². The summed E-state index contributed by atoms with van der Waals surface area (Å²) in [5.41, 5.74) is 3.81. The molecular weight excluding hydrogens is 472 g/mol. The highest BCUT2D eigenvalue weighted by Gasteiger charge is 2.15. The summed E-state index contributed by atoms with van der Waals surface area (Å²) in [5, 5.41) is 4.26. The summed E-state index contributed by atoms with van der Waals surface area (Å²) < 4.78 is 11.4. The highest BCUT2D eigenvalue weighted by atomic mass is 79.9. The van der Waals surface area contributed by atoms with Gasteiger partial charge in [-0.1, -0.05) is 35.9 Å². The van der Waals surface area contributed by atoms with Crippen LogP contribution < -0.4 is 14.9 Å². The van der Waals surface area contributed by atoms with Gasteiger partial charge in [-0.05, 0) is 64.0 Å². The van der Waals surface area contributed by atoms with Gasteiger partial charge in [0.1, 0.15) is 0 Å². The summed E-state index contributed by atoms with van der Waals surface area (Å²) in [7, 11) is 1.46. The van der Waals surface area contributed by atoms with Gasteiger partial charge >= 0.3 is 5.97 Å². The van der Waals surface area contributed by atoms with Crippen LogP contribution in [0.5, 0.6) is 11.5 Å². The van der Waals surface area contributed by atoms with Crippen LogP contribution in [0.25, 0.3) is 0 Å². The lowest BCUT2D eigenvalue weighted by Crippen LogP contribution is -2.18. The van der Waals surface area contributed by atoms with Crippen molar-refractivity contribution >= 4 is 45.6 Å². The van der Waals surface area contributed by atoms with Gasteiger partial charge in [0.25, 0.3) is 5.91 Å². The number of nitrogens with zero attached hydrogens (tertiary/aromatic N) is 1. The molecule has 1 amide bonds. The molecule has 0 saturated carbocycles. The van der Waals surface area contributed by atoms with Gasteiger partial charge in [0.2, 0.25) is 0 Å². The second-order valence-electron chi connectivity index (χ2n) is 5.96. The summed E-state index contributed by atoms with van der Waals surface area (Å²) in [4.78, 5) is 24.5. The predicted molar refractivity (Wildman–Crippen MR) is 119 cm³/mol. The Morgan fingerprint density at radius 2 is 1.70 bits per heavy atom. The maximum atomic E-state index is 12.4. The summed E-state index contributed by atoms with van der Waals surface area (Å²) in [6, 6.07) is 18.5. The summed E-state index contributed by atoms with van der Waals surface area (Å²) in [6.45, 7) is 0. The number of benzene rings is 3. The lowest BCUT2D eigenvalue weighted by molar-refractivity contribution is 0.0729. The third-order valence-electron chi connectivity index (χ3n) is 3.98. The molecule has 0 aliphatic rings. The average Bonchev–Trinajstić information content (AvgIpc) is 2.75. The molecule has 0 saturated heterocycles. The molecule has 0 aliphatic carbocycles. The van der Waals surface area contributed by atoms with E-state index >= 15 is 0 Å². The fourth-order valence-electron chi connectivity index (χ4n) is 2.50. The Labute approximate surface area is 186 Å². The lowest BCUT2D eigenvalue weighted by Gasteiger charge is -2.10. The standard InChI is InChI=1S/C22H16BrClN2O4/c1-29-20-12-14(13-25-26-21(27)15-6-2-4-8-17(15)23)10-11-19(20)30-22(28)16-7-3-5-9-18(16)24/h2-13H,1H3,(H,26,27)/b25-13-. The van der Waals surface area contributed by atoms with Gasteiger partial charge in [0.05, 0.1) is 29.5 Å². The van der Waals surface area contributed by atoms with Gasteiger partial charge in [0.15, 0.2) is 11.5 Å². The molecule has 0 unspecified atom stereocenters. The highest BCUT2D eigenvalue weighted by Crippen LogP contribution is 2.29. The van der Waals surface area contributed by atoms with Gasteiger partial charge in [-0.15, -0.1) is 0 Å². The molecule has 152 valence electrons. The summed E-state index contributed by atoms with van der Waals surface area (Å²) in [6.07, 6.45) is 1.46. The van der Waals surface area contributed by atoms with Crippen molar-refractivity contribution in [1.82, 2.24) is 5.43 Å². The molecule has 6 nitrogen and oxygen atoms in total. The van der Waals surface area contributed by atoms with Crippen molar-refractivity contribution in [3.8, 4) is 11.5 Å². The number of ether oxygens (including phenoxy) is 2. The lowest BCUT2D eigenvalue weighted by atomic mass is 10.2. The first-order valence-electron chi connectivity index (χ1n) is 8.72. The molecule has 0 atom stereocenters. The summed E-state index contributed by atoms with van der Waals surface area (Å²) in [5.74, 6) is -0.384. The minimum absolute atomic E-state index is 0.233. The van der Waals surface area contributed by atoms with Crippen LogP contribution in [0.4, 0.5) is 0 Å². The maximum Gasteiger partial charge on any atom is 0.345 e. The van der Waals surface area contributed by atoms with Crippen LogP contribution in [0.1, 0.15) is 26.3 Å². The van der Waals surface area contributed by atoms with Crippen molar-refractivity contribution in [3.63, 3.8) is 0 Å². The Morgan fingerprint density at radius 1 is 1.00 bits per heavy atom. The number of nitrogens with one attached hydrogen (secondary N) is 1. The van der Waals surface area contributed by atoms with Crippen LogP contribution in [-0.2, 0) is 0 Å². The summed E-state index contributed by atoms with van der Waals surface area (Å²) >= 11 is 9.36. The molecule has 3 aromatic rings. The van der Waals surface area contributed by atoms with E-state index in [0.29, 0.717) is 26.4 Å². The molecule has 30 heavy (non-hydrogen) atoms. The number of amides is 1. The Kier molecular flexibility index (Phi) is 7.21. The molecule has 0 aromatic heterocycles. The normalized spacial score (nSPS) is 10.6. The number of carbonyl (C=O) groups is 2. The van der Waals surface area contributed by atoms with Gasteiger partial charge in [0, 0.05) is 4.47 Å². The van der Waals surface area contributed by atoms with E-state index in [1.165, 1.54) is 13.3 Å². The fraction of sp³-hybridized carbons (Fsp3) is 0.0455. The van der Waals surface area contributed by atoms with Gasteiger partial charge in [-0.3, -0.25) is 4.79 Å². The van der Waals surface area contributed by atoms with Crippen molar-refractivity contribution < 1.29 is 19.1 Å². The Bertz CT molecular complexity index is 1120. The first kappa shape index (κ1) is 21.5. The van der Waals surface area contributed by atoms with Crippen LogP contribution in [-0.4, -0.2) is 25.2 Å². The second kappa shape index (κ2) is 10.0. The fourth-order valence-corrected chi connectivity index (χ4v) is 3.18. The van der Waals surface area contributed by atoms with Gasteiger partial charge in [-0.2, -0.15) is 5.10 Å². The zero-order chi connectivity index (χ0) is 21.5. The van der Waals surface area contributed by atoms with Crippen molar-refractivity contribution in [2.75, 3.05) is 7.11 Å². The van der Waals surface area contributed by atoms with E-state index in [4.69, 9.17) is 21.1 Å². The maximum absolute atomic E-state index is 12.4. The van der Waals surface area contributed by atoms with Gasteiger partial charge < -0.3 is 9.47 Å². The zero-order valence-corrected chi connectivity index (χ0v) is 18.1. The minimum Gasteiger partial charge on any atom is -0.493 e. The van der Waals surface area contributed by atoms with E-state index in [-0.39, 0.29) is 17.2 Å². The number of methoxy groups -OCH3 is 1. The number of hydrogen-bond acceptors (Lipinski definition) is 5. The van der Waals surface area contributed by atoms with Crippen molar-refractivity contribution in [3.05, 3.63) is 92.9 Å². The average molecular weight is 488 g/mol. The van der Waals surface area contributed by atoms with Crippen LogP contribution >= 0.6 is 27.5 Å². The van der Waals surface area contributed by atoms with Crippen LogP contribution in [0.15, 0.2) is 76.3 Å². The van der Waals surface area contributed by atoms with Crippen LogP contribution in [0.3, 0.4) is 0 Å². The highest BCUT2D eigenvalue weighted by molar-refractivity contribution is 9.10. The third kappa shape index (κ3) is 5.25. The number of hydrazone groups is 1. The minimum atomic E-state index is -0.596. The first-order chi connectivity index (χ1) is 14.5. The van der Waals surface area contributed by atoms with Crippen molar-refractivity contribution in [2.24, 2.45) is 5.10 Å². The number of esters is 1. The molecule has 0 fully saturated rings. The van der Waals surface area contributed by atoms with E-state index < -0.39 is 5.97 Å². The molecule has 0 bridgehead atoms. The molecule has 3 rings (SSSR count). The molecule has 0 heterocycles. The second-order valence-corrected chi connectivity index (χ2v) is 7.22. The Balaban J connectivity index is 1.70. The number of hydrogen-bond donors (Lipinski definition) is 1. The Hall–Kier alpha value is -3.16. The molecule has 0 spiro atoms. The van der Waals surface area contributed by atoms with Gasteiger partial charge in [-0.25, -0.2) is 10.2 Å². The number of carbonyl (C=O) groups excluding carboxylic acids is 2. The number of rotatable bonds is 6. The monoisotopic (exact) mass is 486 g/mol. The smallest absolute Gasteiger partial charge is 0.345 e. The molecule has 0 aliphatic heterocycles. The quantitative estimate of drug-likeness (QED) is 0.227. The largest absolute Gasteiger partial charge is 0.493 e. The third-order valence-corrected chi connectivity index (χ3v) is 5.00. The van der Waals surface area contributed by atoms with Crippen LogP contribution in [0.2, 0.25) is 5.02 Å². The molecule has 3 aromatic carbocycles. The topological polar surface area (TPSA) is 77.0 Å². The van der Waals surface area contributed by atoms with E-state index in [1.54, 1.807) is 60.7 Å². The zero-order valence-electron chi connectivity index (χ0n) is 15.8. The number of halogens is 2. The predicted octanol–water partition coefficient (Wildman–Crippen LogP) is 5.09. The molecule has 8 heteroatoms. The van der Waals surface area contributed by atoms with E-state index in [0.717, 1.165) is 0 Å². The SMILES string of the molecule is COc1cc(/C=N\NC(=O)c2ccccc2Br)ccc1OC(=O)c1ccccc1Cl. The Morgan fingerprint density at radius 3 is 2.40 bits per heavy atom. The van der Waals surface area contributed by atoms with Crippen molar-refractivity contribution in [2.45, 2.75) is 0 Å². The van der Waals surface area contributed by atoms with Crippen LogP contribution in [0, 0.1) is 0 Å². The first-order valence-corrected chi connectivity index (χ1v) is 9.89. The molecular formula is C22H16BrClN2O4. The molecule has 0 radical (unpaired) electrons. The van der Waals surface area contributed by atoms with E-state index in [1.807, 2.05) is 6.07 Å². The van der Waals surface area contributed by atoms with E-state index in [2.05, 4.69) is 26.5 Å². The molecule has 1 N–H and O–H groups in total.